The molecule has 0 spiro atoms. The van der Waals surface area contributed by atoms with Gasteiger partial charge < -0.3 is 4.74 Å². The lowest BCUT2D eigenvalue weighted by Crippen LogP contribution is -1.99. The standard InChI is InChI=1S/C20H18FN3O3S/c1-4-24-12-17(13-5-8-19(27-2)18(21)10-13)20(23-24)16-7-6-15(28(3,25)26)9-14(16)11-22/h5-10,12H,4H2,1-3H3. The molecule has 0 aliphatic rings. The highest BCUT2D eigenvalue weighted by molar-refractivity contribution is 7.90. The number of methoxy groups -OCH3 is 1. The Morgan fingerprint density at radius 2 is 1.96 bits per heavy atom. The first-order chi connectivity index (χ1) is 13.3. The van der Waals surface area contributed by atoms with E-state index in [-0.39, 0.29) is 16.2 Å². The van der Waals surface area contributed by atoms with Crippen molar-refractivity contribution in [1.82, 2.24) is 9.78 Å². The highest BCUT2D eigenvalue weighted by atomic mass is 32.2. The number of nitriles is 1. The lowest BCUT2D eigenvalue weighted by Gasteiger charge is -2.08. The largest absolute Gasteiger partial charge is 0.494 e. The summed E-state index contributed by atoms with van der Waals surface area (Å²) in [7, 11) is -2.06. The minimum absolute atomic E-state index is 0.0553. The van der Waals surface area contributed by atoms with Crippen molar-refractivity contribution in [3.8, 4) is 34.2 Å². The lowest BCUT2D eigenvalue weighted by atomic mass is 9.98. The molecule has 0 bridgehead atoms. The zero-order chi connectivity index (χ0) is 20.5. The van der Waals surface area contributed by atoms with Crippen LogP contribution in [-0.2, 0) is 16.4 Å². The molecule has 6 nitrogen and oxygen atoms in total. The van der Waals surface area contributed by atoms with E-state index in [4.69, 9.17) is 4.74 Å². The number of sulfone groups is 1. The van der Waals surface area contributed by atoms with Crippen LogP contribution in [0.5, 0.6) is 5.75 Å². The van der Waals surface area contributed by atoms with Crippen molar-refractivity contribution in [3.05, 3.63) is 54.0 Å². The Morgan fingerprint density at radius 1 is 1.21 bits per heavy atom. The molecule has 2 aromatic carbocycles. The van der Waals surface area contributed by atoms with Crippen molar-refractivity contribution in [2.75, 3.05) is 13.4 Å². The van der Waals surface area contributed by atoms with Gasteiger partial charge in [0.2, 0.25) is 0 Å². The third-order valence-electron chi connectivity index (χ3n) is 4.34. The Morgan fingerprint density at radius 3 is 2.54 bits per heavy atom. The molecule has 0 saturated carbocycles. The molecule has 1 aromatic heterocycles. The van der Waals surface area contributed by atoms with Crippen molar-refractivity contribution in [3.63, 3.8) is 0 Å². The summed E-state index contributed by atoms with van der Waals surface area (Å²) in [5.74, 6) is -0.383. The van der Waals surface area contributed by atoms with E-state index in [9.17, 15) is 18.1 Å². The van der Waals surface area contributed by atoms with Crippen LogP contribution in [0.1, 0.15) is 12.5 Å². The van der Waals surface area contributed by atoms with E-state index in [1.165, 1.54) is 31.4 Å². The molecule has 8 heteroatoms. The van der Waals surface area contributed by atoms with Crippen LogP contribution in [0.2, 0.25) is 0 Å². The molecule has 28 heavy (non-hydrogen) atoms. The van der Waals surface area contributed by atoms with E-state index >= 15 is 0 Å². The van der Waals surface area contributed by atoms with Gasteiger partial charge >= 0.3 is 0 Å². The summed E-state index contributed by atoms with van der Waals surface area (Å²) in [4.78, 5) is 0.0553. The average molecular weight is 399 g/mol. The Kier molecular flexibility index (Phi) is 5.21. The van der Waals surface area contributed by atoms with Gasteiger partial charge in [0, 0.05) is 30.1 Å². The molecule has 3 aromatic rings. The molecule has 0 aliphatic heterocycles. The van der Waals surface area contributed by atoms with E-state index < -0.39 is 15.7 Å². The molecule has 0 atom stereocenters. The van der Waals surface area contributed by atoms with E-state index in [1.807, 2.05) is 13.0 Å². The molecule has 1 heterocycles. The molecule has 3 rings (SSSR count). The summed E-state index contributed by atoms with van der Waals surface area (Å²) in [5.41, 5.74) is 2.34. The first kappa shape index (κ1) is 19.6. The summed E-state index contributed by atoms with van der Waals surface area (Å²) in [6.07, 6.45) is 2.85. The first-order valence-corrected chi connectivity index (χ1v) is 10.3. The normalized spacial score (nSPS) is 11.2. The number of aromatic nitrogens is 2. The maximum absolute atomic E-state index is 14.2. The van der Waals surface area contributed by atoms with Crippen LogP contribution in [0.3, 0.4) is 0 Å². The smallest absolute Gasteiger partial charge is 0.175 e. The Bertz CT molecular complexity index is 1190. The molecule has 0 N–H and O–H groups in total. The fourth-order valence-corrected chi connectivity index (χ4v) is 3.53. The molecule has 0 fully saturated rings. The molecule has 144 valence electrons. The third-order valence-corrected chi connectivity index (χ3v) is 5.45. The lowest BCUT2D eigenvalue weighted by molar-refractivity contribution is 0.386. The minimum Gasteiger partial charge on any atom is -0.494 e. The summed E-state index contributed by atoms with van der Waals surface area (Å²) >= 11 is 0. The fourth-order valence-electron chi connectivity index (χ4n) is 2.88. The first-order valence-electron chi connectivity index (χ1n) is 8.44. The third kappa shape index (κ3) is 3.62. The second-order valence-electron chi connectivity index (χ2n) is 6.19. The van der Waals surface area contributed by atoms with Gasteiger partial charge in [-0.1, -0.05) is 12.1 Å². The van der Waals surface area contributed by atoms with Gasteiger partial charge in [-0.25, -0.2) is 12.8 Å². The summed E-state index contributed by atoms with van der Waals surface area (Å²) in [5, 5.41) is 14.1. The zero-order valence-electron chi connectivity index (χ0n) is 15.6. The molecular weight excluding hydrogens is 381 g/mol. The van der Waals surface area contributed by atoms with Crippen LogP contribution in [-0.4, -0.2) is 31.6 Å². The number of hydrogen-bond donors (Lipinski definition) is 0. The van der Waals surface area contributed by atoms with Crippen LogP contribution in [0.25, 0.3) is 22.4 Å². The van der Waals surface area contributed by atoms with Crippen LogP contribution in [0.15, 0.2) is 47.5 Å². The number of halogens is 1. The van der Waals surface area contributed by atoms with Crippen molar-refractivity contribution < 1.29 is 17.5 Å². The Hall–Kier alpha value is -3.18. The molecule has 0 aliphatic carbocycles. The number of nitrogens with zero attached hydrogens (tertiary/aromatic N) is 3. The molecule has 0 amide bonds. The predicted molar refractivity (Wildman–Crippen MR) is 103 cm³/mol. The second kappa shape index (κ2) is 7.44. The van der Waals surface area contributed by atoms with Gasteiger partial charge in [-0.05, 0) is 36.8 Å². The second-order valence-corrected chi connectivity index (χ2v) is 8.20. The summed E-state index contributed by atoms with van der Waals surface area (Å²) in [6, 6.07) is 10.9. The Balaban J connectivity index is 2.23. The Labute approximate surface area is 162 Å². The topological polar surface area (TPSA) is 85.0 Å². The highest BCUT2D eigenvalue weighted by Gasteiger charge is 2.19. The SMILES string of the molecule is CCn1cc(-c2ccc(OC)c(F)c2)c(-c2ccc(S(C)(=O)=O)cc2C#N)n1. The van der Waals surface area contributed by atoms with Crippen molar-refractivity contribution >= 4 is 9.84 Å². The van der Waals surface area contributed by atoms with Gasteiger partial charge in [-0.15, -0.1) is 0 Å². The molecular formula is C20H18FN3O3S. The van der Waals surface area contributed by atoms with Gasteiger partial charge in [0.25, 0.3) is 0 Å². The average Bonchev–Trinajstić information content (AvgIpc) is 3.11. The number of benzene rings is 2. The van der Waals surface area contributed by atoms with E-state index in [1.54, 1.807) is 23.0 Å². The van der Waals surface area contributed by atoms with Gasteiger partial charge in [0.05, 0.1) is 23.6 Å². The number of hydrogen-bond acceptors (Lipinski definition) is 5. The van der Waals surface area contributed by atoms with Crippen molar-refractivity contribution in [1.29, 1.82) is 5.26 Å². The van der Waals surface area contributed by atoms with Crippen LogP contribution < -0.4 is 4.74 Å². The van der Waals surface area contributed by atoms with Gasteiger partial charge in [-0.3, -0.25) is 4.68 Å². The maximum Gasteiger partial charge on any atom is 0.175 e. The monoisotopic (exact) mass is 399 g/mol. The molecule has 0 saturated heterocycles. The fraction of sp³-hybridized carbons (Fsp3) is 0.200. The van der Waals surface area contributed by atoms with Crippen molar-refractivity contribution in [2.24, 2.45) is 0 Å². The van der Waals surface area contributed by atoms with E-state index in [0.29, 0.717) is 28.9 Å². The molecule has 0 unspecified atom stereocenters. The zero-order valence-corrected chi connectivity index (χ0v) is 16.4. The van der Waals surface area contributed by atoms with Crippen LogP contribution in [0, 0.1) is 17.1 Å². The quantitative estimate of drug-likeness (QED) is 0.654. The number of rotatable bonds is 5. The molecule has 0 radical (unpaired) electrons. The van der Waals surface area contributed by atoms with Crippen LogP contribution in [0.4, 0.5) is 4.39 Å². The summed E-state index contributed by atoms with van der Waals surface area (Å²) in [6.45, 7) is 2.49. The minimum atomic E-state index is -3.45. The predicted octanol–water partition coefficient (Wildman–Crippen LogP) is 3.66. The van der Waals surface area contributed by atoms with Crippen molar-refractivity contribution in [2.45, 2.75) is 18.4 Å². The van der Waals surface area contributed by atoms with E-state index in [0.717, 1.165) is 6.26 Å². The van der Waals surface area contributed by atoms with Gasteiger partial charge in [-0.2, -0.15) is 10.4 Å². The van der Waals surface area contributed by atoms with E-state index in [2.05, 4.69) is 5.10 Å². The highest BCUT2D eigenvalue weighted by Crippen LogP contribution is 2.35. The number of aryl methyl sites for hydroxylation is 1. The van der Waals surface area contributed by atoms with Gasteiger partial charge in [0.1, 0.15) is 5.69 Å². The summed E-state index contributed by atoms with van der Waals surface area (Å²) < 4.78 is 44.5. The maximum atomic E-state index is 14.2. The van der Waals surface area contributed by atoms with Crippen LogP contribution >= 0.6 is 0 Å². The number of ether oxygens (including phenoxy) is 1. The van der Waals surface area contributed by atoms with Gasteiger partial charge in [0.15, 0.2) is 21.4 Å².